The summed E-state index contributed by atoms with van der Waals surface area (Å²) in [6, 6.07) is 11.9. The van der Waals surface area contributed by atoms with Gasteiger partial charge in [-0.05, 0) is 54.2 Å². The molecule has 2 aromatic carbocycles. The van der Waals surface area contributed by atoms with Gasteiger partial charge >= 0.3 is 0 Å². The molecule has 1 aliphatic carbocycles. The maximum absolute atomic E-state index is 13.9. The van der Waals surface area contributed by atoms with E-state index in [0.29, 0.717) is 22.4 Å². The van der Waals surface area contributed by atoms with Crippen LogP contribution in [0, 0.1) is 5.82 Å². The molecule has 0 aliphatic heterocycles. The van der Waals surface area contributed by atoms with Gasteiger partial charge in [0, 0.05) is 0 Å². The van der Waals surface area contributed by atoms with E-state index >= 15 is 0 Å². The van der Waals surface area contributed by atoms with Gasteiger partial charge in [-0.25, -0.2) is 12.8 Å². The van der Waals surface area contributed by atoms with Crippen LogP contribution < -0.4 is 0 Å². The van der Waals surface area contributed by atoms with Crippen molar-refractivity contribution in [1.82, 2.24) is 0 Å². The van der Waals surface area contributed by atoms with Crippen LogP contribution in [0.3, 0.4) is 0 Å². The molecule has 1 aliphatic rings. The monoisotopic (exact) mass is 304 g/mol. The molecule has 110 valence electrons. The largest absolute Gasteiger partial charge is 0.223 e. The van der Waals surface area contributed by atoms with Crippen LogP contribution in [0.4, 0.5) is 4.39 Å². The van der Waals surface area contributed by atoms with E-state index in [-0.39, 0.29) is 11.1 Å². The van der Waals surface area contributed by atoms with Gasteiger partial charge in [0.25, 0.3) is 0 Å². The molecule has 0 aromatic heterocycles. The lowest BCUT2D eigenvalue weighted by atomic mass is 10.0. The van der Waals surface area contributed by atoms with Crippen molar-refractivity contribution < 1.29 is 12.8 Å². The summed E-state index contributed by atoms with van der Waals surface area (Å²) >= 11 is 0. The first kappa shape index (κ1) is 14.3. The van der Waals surface area contributed by atoms with Crippen LogP contribution in [-0.2, 0) is 16.3 Å². The Kier molecular flexibility index (Phi) is 3.57. The summed E-state index contributed by atoms with van der Waals surface area (Å²) in [7, 11) is -3.21. The van der Waals surface area contributed by atoms with E-state index in [0.717, 1.165) is 18.4 Å². The molecule has 0 bridgehead atoms. The van der Waals surface area contributed by atoms with Crippen LogP contribution in [0.25, 0.3) is 11.1 Å². The van der Waals surface area contributed by atoms with E-state index in [1.807, 2.05) is 19.1 Å². The second-order valence-corrected chi connectivity index (χ2v) is 7.66. The zero-order valence-corrected chi connectivity index (χ0v) is 12.7. The van der Waals surface area contributed by atoms with Gasteiger partial charge in [-0.15, -0.1) is 0 Å². The van der Waals surface area contributed by atoms with Crippen LogP contribution in [-0.4, -0.2) is 13.7 Å². The second kappa shape index (κ2) is 5.26. The Morgan fingerprint density at radius 3 is 2.43 bits per heavy atom. The van der Waals surface area contributed by atoms with Crippen LogP contribution in [0.2, 0.25) is 0 Å². The Labute approximate surface area is 124 Å². The van der Waals surface area contributed by atoms with Gasteiger partial charge in [0.1, 0.15) is 5.82 Å². The molecule has 0 N–H and O–H groups in total. The maximum Gasteiger partial charge on any atom is 0.181 e. The van der Waals surface area contributed by atoms with Gasteiger partial charge in [0.05, 0.1) is 10.1 Å². The molecule has 0 unspecified atom stereocenters. The summed E-state index contributed by atoms with van der Waals surface area (Å²) in [5.74, 6) is -0.245. The normalized spacial score (nSPS) is 15.1. The number of sulfone groups is 1. The summed E-state index contributed by atoms with van der Waals surface area (Å²) in [4.78, 5) is 0.336. The zero-order valence-electron chi connectivity index (χ0n) is 11.8. The minimum atomic E-state index is -3.21. The number of benzene rings is 2. The van der Waals surface area contributed by atoms with E-state index in [1.165, 1.54) is 6.07 Å². The van der Waals surface area contributed by atoms with Crippen molar-refractivity contribution >= 4 is 9.84 Å². The lowest BCUT2D eigenvalue weighted by molar-refractivity contribution is 0.595. The third-order valence-electron chi connectivity index (χ3n) is 3.89. The fraction of sp³-hybridized carbons (Fsp3) is 0.294. The molecule has 21 heavy (non-hydrogen) atoms. The van der Waals surface area contributed by atoms with Crippen molar-refractivity contribution in [2.45, 2.75) is 36.3 Å². The standard InChI is InChI=1S/C17H17FO2S/c1-2-12-6-7-14(11-17(12)18)13-4-3-5-16(10-13)21(19,20)15-8-9-15/h3-7,10-11,15H,2,8-9H2,1H3. The quantitative estimate of drug-likeness (QED) is 0.856. The highest BCUT2D eigenvalue weighted by molar-refractivity contribution is 7.92. The summed E-state index contributed by atoms with van der Waals surface area (Å²) in [5.41, 5.74) is 2.11. The highest BCUT2D eigenvalue weighted by Crippen LogP contribution is 2.35. The van der Waals surface area contributed by atoms with Crippen molar-refractivity contribution in [3.05, 3.63) is 53.8 Å². The Morgan fingerprint density at radius 1 is 1.10 bits per heavy atom. The fourth-order valence-electron chi connectivity index (χ4n) is 2.44. The maximum atomic E-state index is 13.9. The van der Waals surface area contributed by atoms with Crippen molar-refractivity contribution in [3.8, 4) is 11.1 Å². The molecule has 0 amide bonds. The summed E-state index contributed by atoms with van der Waals surface area (Å²) in [6.07, 6.45) is 2.13. The summed E-state index contributed by atoms with van der Waals surface area (Å²) in [6.45, 7) is 1.90. The van der Waals surface area contributed by atoms with Crippen molar-refractivity contribution in [1.29, 1.82) is 0 Å². The van der Waals surface area contributed by atoms with E-state index < -0.39 is 9.84 Å². The van der Waals surface area contributed by atoms with Gasteiger partial charge in [-0.3, -0.25) is 0 Å². The van der Waals surface area contributed by atoms with Crippen LogP contribution >= 0.6 is 0 Å². The first-order chi connectivity index (χ1) is 10.0. The van der Waals surface area contributed by atoms with Crippen LogP contribution in [0.1, 0.15) is 25.3 Å². The molecule has 0 heterocycles. The van der Waals surface area contributed by atoms with E-state index in [2.05, 4.69) is 0 Å². The van der Waals surface area contributed by atoms with Gasteiger partial charge in [0.15, 0.2) is 9.84 Å². The second-order valence-electron chi connectivity index (χ2n) is 5.43. The molecule has 0 atom stereocenters. The van der Waals surface area contributed by atoms with Crippen LogP contribution in [0.5, 0.6) is 0 Å². The van der Waals surface area contributed by atoms with E-state index in [4.69, 9.17) is 0 Å². The molecular formula is C17H17FO2S. The fourth-order valence-corrected chi connectivity index (χ4v) is 4.14. The first-order valence-corrected chi connectivity index (χ1v) is 8.70. The predicted octanol–water partition coefficient (Wildman–Crippen LogP) is 3.99. The van der Waals surface area contributed by atoms with Gasteiger partial charge in [0.2, 0.25) is 0 Å². The topological polar surface area (TPSA) is 34.1 Å². The average Bonchev–Trinajstić information content (AvgIpc) is 3.32. The predicted molar refractivity (Wildman–Crippen MR) is 81.4 cm³/mol. The lowest BCUT2D eigenvalue weighted by Crippen LogP contribution is -2.06. The lowest BCUT2D eigenvalue weighted by Gasteiger charge is -2.08. The third-order valence-corrected chi connectivity index (χ3v) is 6.15. The molecule has 4 heteroatoms. The minimum absolute atomic E-state index is 0.230. The number of halogens is 1. The van der Waals surface area contributed by atoms with Gasteiger partial charge in [-0.1, -0.05) is 31.2 Å². The van der Waals surface area contributed by atoms with Crippen molar-refractivity contribution in [2.75, 3.05) is 0 Å². The highest BCUT2D eigenvalue weighted by Gasteiger charge is 2.36. The average molecular weight is 304 g/mol. The molecule has 2 nitrogen and oxygen atoms in total. The van der Waals surface area contributed by atoms with Gasteiger partial charge < -0.3 is 0 Å². The third kappa shape index (κ3) is 2.72. The van der Waals surface area contributed by atoms with E-state index in [9.17, 15) is 12.8 Å². The van der Waals surface area contributed by atoms with Gasteiger partial charge in [-0.2, -0.15) is 0 Å². The highest BCUT2D eigenvalue weighted by atomic mass is 32.2. The summed E-state index contributed by atoms with van der Waals surface area (Å²) < 4.78 is 38.4. The molecule has 0 radical (unpaired) electrons. The molecular weight excluding hydrogens is 287 g/mol. The molecule has 1 saturated carbocycles. The molecule has 0 saturated heterocycles. The number of aryl methyl sites for hydroxylation is 1. The molecule has 2 aromatic rings. The molecule has 1 fully saturated rings. The van der Waals surface area contributed by atoms with Crippen molar-refractivity contribution in [2.24, 2.45) is 0 Å². The van der Waals surface area contributed by atoms with Crippen LogP contribution in [0.15, 0.2) is 47.4 Å². The minimum Gasteiger partial charge on any atom is -0.223 e. The Bertz CT molecular complexity index is 777. The molecule has 0 spiro atoms. The number of hydrogen-bond donors (Lipinski definition) is 0. The zero-order chi connectivity index (χ0) is 15.0. The Morgan fingerprint density at radius 2 is 1.81 bits per heavy atom. The van der Waals surface area contributed by atoms with E-state index in [1.54, 1.807) is 24.3 Å². The Balaban J connectivity index is 2.02. The first-order valence-electron chi connectivity index (χ1n) is 7.15. The Hall–Kier alpha value is -1.68. The summed E-state index contributed by atoms with van der Waals surface area (Å²) in [5, 5.41) is -0.230. The smallest absolute Gasteiger partial charge is 0.181 e. The van der Waals surface area contributed by atoms with Crippen molar-refractivity contribution in [3.63, 3.8) is 0 Å². The SMILES string of the molecule is CCc1ccc(-c2cccc(S(=O)(=O)C3CC3)c2)cc1F. The number of rotatable bonds is 4. The number of hydrogen-bond acceptors (Lipinski definition) is 2. The molecule has 3 rings (SSSR count).